The molecule has 0 bridgehead atoms. The van der Waals surface area contributed by atoms with Crippen LogP contribution in [0, 0.1) is 5.92 Å². The van der Waals surface area contributed by atoms with Gasteiger partial charge < -0.3 is 15.1 Å². The van der Waals surface area contributed by atoms with Gasteiger partial charge in [-0.2, -0.15) is 0 Å². The summed E-state index contributed by atoms with van der Waals surface area (Å²) in [6, 6.07) is 1.96. The third-order valence-electron chi connectivity index (χ3n) is 5.68. The molecule has 2 fully saturated rings. The molecule has 2 saturated heterocycles. The second-order valence-corrected chi connectivity index (χ2v) is 7.50. The Morgan fingerprint density at radius 3 is 2.71 bits per heavy atom. The molecule has 0 radical (unpaired) electrons. The summed E-state index contributed by atoms with van der Waals surface area (Å²) >= 11 is 0. The number of aromatic nitrogens is 1. The number of nitrogens with one attached hydrogen (secondary N) is 1. The molecule has 1 amide bonds. The first-order valence-corrected chi connectivity index (χ1v) is 10.4. The van der Waals surface area contributed by atoms with E-state index in [2.05, 4.69) is 36.8 Å². The van der Waals surface area contributed by atoms with Crippen molar-refractivity contribution in [2.75, 3.05) is 44.2 Å². The monoisotopic (exact) mass is 384 g/mol. The van der Waals surface area contributed by atoms with Crippen LogP contribution in [0.1, 0.15) is 39.0 Å². The second-order valence-electron chi connectivity index (χ2n) is 7.50. The van der Waals surface area contributed by atoms with E-state index in [4.69, 9.17) is 0 Å². The molecular weight excluding hydrogens is 352 g/mol. The first kappa shape index (κ1) is 20.5. The van der Waals surface area contributed by atoms with Gasteiger partial charge in [0, 0.05) is 44.5 Å². The van der Waals surface area contributed by atoms with E-state index in [1.165, 1.54) is 32.4 Å². The van der Waals surface area contributed by atoms with Crippen LogP contribution in [-0.2, 0) is 4.79 Å². The summed E-state index contributed by atoms with van der Waals surface area (Å²) < 4.78 is 0. The van der Waals surface area contributed by atoms with Gasteiger partial charge in [0.25, 0.3) is 0 Å². The fraction of sp³-hybridized carbons (Fsp3) is 0.619. The Labute approximate surface area is 168 Å². The first-order chi connectivity index (χ1) is 13.7. The number of nitrogens with zero attached hydrogens (tertiary/aromatic N) is 5. The highest BCUT2D eigenvalue weighted by atomic mass is 16.1. The molecule has 7 heteroatoms. The number of pyridine rings is 1. The van der Waals surface area contributed by atoms with Crippen molar-refractivity contribution in [2.24, 2.45) is 15.9 Å². The molecule has 2 aliphatic heterocycles. The SMILES string of the molecule is C=Nc1c(N2CCC(C(=O)NCCN3CCCCC3)CC2)ccnc1N=CC. The zero-order valence-corrected chi connectivity index (χ0v) is 16.9. The van der Waals surface area contributed by atoms with Gasteiger partial charge in [-0.15, -0.1) is 0 Å². The molecule has 2 aliphatic rings. The summed E-state index contributed by atoms with van der Waals surface area (Å²) in [5.74, 6) is 0.880. The smallest absolute Gasteiger partial charge is 0.223 e. The summed E-state index contributed by atoms with van der Waals surface area (Å²) in [6.45, 7) is 11.3. The maximum absolute atomic E-state index is 12.5. The molecular formula is C21H32N6O. The lowest BCUT2D eigenvalue weighted by atomic mass is 9.95. The van der Waals surface area contributed by atoms with Gasteiger partial charge in [0.1, 0.15) is 5.69 Å². The van der Waals surface area contributed by atoms with Crippen LogP contribution in [0.3, 0.4) is 0 Å². The quantitative estimate of drug-likeness (QED) is 0.734. The third kappa shape index (κ3) is 5.16. The molecule has 1 aromatic rings. The van der Waals surface area contributed by atoms with Crippen molar-refractivity contribution < 1.29 is 4.79 Å². The maximum Gasteiger partial charge on any atom is 0.223 e. The molecule has 7 nitrogen and oxygen atoms in total. The van der Waals surface area contributed by atoms with Gasteiger partial charge in [-0.3, -0.25) is 9.79 Å². The van der Waals surface area contributed by atoms with E-state index in [-0.39, 0.29) is 11.8 Å². The van der Waals surface area contributed by atoms with E-state index in [0.29, 0.717) is 11.5 Å². The minimum absolute atomic E-state index is 0.0905. The molecule has 1 N–H and O–H groups in total. The lowest BCUT2D eigenvalue weighted by Crippen LogP contribution is -2.43. The Morgan fingerprint density at radius 1 is 1.29 bits per heavy atom. The van der Waals surface area contributed by atoms with Crippen LogP contribution in [0.5, 0.6) is 0 Å². The van der Waals surface area contributed by atoms with Crippen LogP contribution in [0.4, 0.5) is 17.2 Å². The van der Waals surface area contributed by atoms with Gasteiger partial charge in [0.05, 0.1) is 5.69 Å². The molecule has 152 valence electrons. The van der Waals surface area contributed by atoms with Crippen molar-refractivity contribution in [1.29, 1.82) is 0 Å². The molecule has 0 atom stereocenters. The number of anilines is 1. The molecule has 0 saturated carbocycles. The summed E-state index contributed by atoms with van der Waals surface area (Å²) in [7, 11) is 0. The van der Waals surface area contributed by atoms with Crippen molar-refractivity contribution in [1.82, 2.24) is 15.2 Å². The standard InChI is InChI=1S/C21H32N6O/c1-3-23-20-19(22-2)18(7-10-24-20)27-14-8-17(9-15-27)21(28)25-11-16-26-12-5-4-6-13-26/h3,7,10,17H,2,4-6,8-9,11-16H2,1H3,(H,25,28). The van der Waals surface area contributed by atoms with Crippen LogP contribution in [-0.4, -0.2) is 68.0 Å². The van der Waals surface area contributed by atoms with E-state index in [9.17, 15) is 4.79 Å². The average molecular weight is 385 g/mol. The average Bonchev–Trinajstić information content (AvgIpc) is 2.74. The van der Waals surface area contributed by atoms with Gasteiger partial charge in [-0.25, -0.2) is 9.98 Å². The lowest BCUT2D eigenvalue weighted by Gasteiger charge is -2.34. The zero-order valence-electron chi connectivity index (χ0n) is 16.9. The predicted octanol–water partition coefficient (Wildman–Crippen LogP) is 2.95. The Balaban J connectivity index is 1.49. The number of carbonyl (C=O) groups excluding carboxylic acids is 1. The van der Waals surface area contributed by atoms with Crippen molar-refractivity contribution in [3.63, 3.8) is 0 Å². The maximum atomic E-state index is 12.5. The number of hydrogen-bond acceptors (Lipinski definition) is 6. The summed E-state index contributed by atoms with van der Waals surface area (Å²) in [5, 5.41) is 3.15. The topological polar surface area (TPSA) is 73.2 Å². The molecule has 28 heavy (non-hydrogen) atoms. The Hall–Kier alpha value is -2.28. The highest BCUT2D eigenvalue weighted by Gasteiger charge is 2.26. The molecule has 3 rings (SSSR count). The Kier molecular flexibility index (Phi) is 7.54. The third-order valence-corrected chi connectivity index (χ3v) is 5.68. The fourth-order valence-electron chi connectivity index (χ4n) is 4.10. The molecule has 0 aliphatic carbocycles. The first-order valence-electron chi connectivity index (χ1n) is 10.4. The Bertz CT molecular complexity index is 690. The molecule has 0 spiro atoms. The van der Waals surface area contributed by atoms with Crippen LogP contribution in [0.15, 0.2) is 22.2 Å². The van der Waals surface area contributed by atoms with Crippen molar-refractivity contribution in [3.8, 4) is 0 Å². The number of piperidine rings is 2. The van der Waals surface area contributed by atoms with Crippen LogP contribution in [0.25, 0.3) is 0 Å². The van der Waals surface area contributed by atoms with E-state index in [0.717, 1.165) is 44.7 Å². The largest absolute Gasteiger partial charge is 0.370 e. The van der Waals surface area contributed by atoms with E-state index in [1.54, 1.807) is 12.4 Å². The zero-order chi connectivity index (χ0) is 19.8. The lowest BCUT2D eigenvalue weighted by molar-refractivity contribution is -0.125. The van der Waals surface area contributed by atoms with Crippen molar-refractivity contribution in [2.45, 2.75) is 39.0 Å². The normalized spacial score (nSPS) is 19.1. The number of amides is 1. The minimum atomic E-state index is 0.0905. The molecule has 0 unspecified atom stereocenters. The van der Waals surface area contributed by atoms with E-state index >= 15 is 0 Å². The highest BCUT2D eigenvalue weighted by molar-refractivity contribution is 5.81. The number of hydrogen-bond donors (Lipinski definition) is 1. The summed E-state index contributed by atoms with van der Waals surface area (Å²) in [6.07, 6.45) is 9.07. The van der Waals surface area contributed by atoms with Crippen LogP contribution < -0.4 is 10.2 Å². The highest BCUT2D eigenvalue weighted by Crippen LogP contribution is 2.37. The Morgan fingerprint density at radius 2 is 2.04 bits per heavy atom. The number of carbonyl (C=O) groups is 1. The molecule has 3 heterocycles. The predicted molar refractivity (Wildman–Crippen MR) is 116 cm³/mol. The number of likely N-dealkylation sites (tertiary alicyclic amines) is 1. The van der Waals surface area contributed by atoms with Gasteiger partial charge in [-0.1, -0.05) is 6.42 Å². The van der Waals surface area contributed by atoms with Gasteiger partial charge in [-0.05, 0) is 58.5 Å². The van der Waals surface area contributed by atoms with Crippen molar-refractivity contribution in [3.05, 3.63) is 12.3 Å². The molecule has 0 aromatic carbocycles. The number of rotatable bonds is 7. The summed E-state index contributed by atoms with van der Waals surface area (Å²) in [5.41, 5.74) is 1.71. The van der Waals surface area contributed by atoms with Crippen LogP contribution in [0.2, 0.25) is 0 Å². The summed E-state index contributed by atoms with van der Waals surface area (Å²) in [4.78, 5) is 30.0. The second kappa shape index (κ2) is 10.3. The molecule has 1 aromatic heterocycles. The van der Waals surface area contributed by atoms with Crippen molar-refractivity contribution >= 4 is 36.0 Å². The number of aliphatic imine (C=N–C) groups is 2. The van der Waals surface area contributed by atoms with Gasteiger partial charge in [0.15, 0.2) is 5.82 Å². The van der Waals surface area contributed by atoms with E-state index in [1.807, 2.05) is 13.0 Å². The minimum Gasteiger partial charge on any atom is -0.370 e. The van der Waals surface area contributed by atoms with Gasteiger partial charge in [0.2, 0.25) is 5.91 Å². The van der Waals surface area contributed by atoms with Crippen LogP contribution >= 0.6 is 0 Å². The fourth-order valence-corrected chi connectivity index (χ4v) is 4.10. The van der Waals surface area contributed by atoms with E-state index < -0.39 is 0 Å². The van der Waals surface area contributed by atoms with Gasteiger partial charge >= 0.3 is 0 Å².